The molecule has 19 heavy (non-hydrogen) atoms. The Morgan fingerprint density at radius 1 is 1.32 bits per heavy atom. The van der Waals surface area contributed by atoms with Crippen molar-refractivity contribution in [2.24, 2.45) is 0 Å². The molecule has 0 heterocycles. The molecule has 0 aromatic heterocycles. The van der Waals surface area contributed by atoms with Crippen LogP contribution in [0.3, 0.4) is 0 Å². The van der Waals surface area contributed by atoms with Crippen LogP contribution in [-0.4, -0.2) is 48.7 Å². The Bertz CT molecular complexity index is 269. The molecule has 0 aromatic carbocycles. The summed E-state index contributed by atoms with van der Waals surface area (Å²) in [6, 6.07) is 0.784. The Labute approximate surface area is 118 Å². The molecule has 0 aliphatic heterocycles. The number of nitrogens with one attached hydrogen (secondary N) is 1. The third-order valence-electron chi connectivity index (χ3n) is 3.70. The van der Waals surface area contributed by atoms with Crippen LogP contribution in [0.15, 0.2) is 0 Å². The first kappa shape index (κ1) is 18.4. The molecule has 2 atom stereocenters. The van der Waals surface area contributed by atoms with Gasteiger partial charge in [-0.2, -0.15) is 0 Å². The second-order valence-electron chi connectivity index (χ2n) is 5.79. The number of carbonyl (C=O) groups excluding carboxylic acids is 1. The Morgan fingerprint density at radius 3 is 2.32 bits per heavy atom. The van der Waals surface area contributed by atoms with Gasteiger partial charge in [0, 0.05) is 12.1 Å². The summed E-state index contributed by atoms with van der Waals surface area (Å²) in [4.78, 5) is 14.5. The first-order valence-electron chi connectivity index (χ1n) is 7.42. The molecular weight excluding hydrogens is 240 g/mol. The molecule has 0 rings (SSSR count). The van der Waals surface area contributed by atoms with Crippen molar-refractivity contribution in [2.45, 2.75) is 72.0 Å². The smallest absolute Gasteiger partial charge is 0.326 e. The van der Waals surface area contributed by atoms with Crippen LogP contribution in [0.2, 0.25) is 0 Å². The Hall–Kier alpha value is -0.610. The molecule has 0 aliphatic rings. The van der Waals surface area contributed by atoms with Gasteiger partial charge in [-0.1, -0.05) is 6.92 Å². The van der Waals surface area contributed by atoms with Crippen molar-refractivity contribution in [3.8, 4) is 0 Å². The summed E-state index contributed by atoms with van der Waals surface area (Å²) in [6.07, 6.45) is 1.75. The van der Waals surface area contributed by atoms with E-state index in [-0.39, 0.29) is 5.97 Å². The minimum absolute atomic E-state index is 0.146. The highest BCUT2D eigenvalue weighted by molar-refractivity contribution is 5.80. The summed E-state index contributed by atoms with van der Waals surface area (Å²) in [5.41, 5.74) is -0.603. The van der Waals surface area contributed by atoms with Gasteiger partial charge >= 0.3 is 5.97 Å². The lowest BCUT2D eigenvalue weighted by atomic mass is 9.92. The maximum atomic E-state index is 12.2. The molecule has 0 aliphatic carbocycles. The Morgan fingerprint density at radius 2 is 1.89 bits per heavy atom. The first-order valence-corrected chi connectivity index (χ1v) is 7.42. The summed E-state index contributed by atoms with van der Waals surface area (Å²) in [5, 5.41) is 3.35. The minimum Gasteiger partial charge on any atom is -0.465 e. The predicted octanol–water partition coefficient (Wildman–Crippen LogP) is 2.43. The van der Waals surface area contributed by atoms with Gasteiger partial charge in [0.1, 0.15) is 5.54 Å². The molecule has 2 unspecified atom stereocenters. The average Bonchev–Trinajstić information content (AvgIpc) is 2.35. The summed E-state index contributed by atoms with van der Waals surface area (Å²) in [5.74, 6) is -0.146. The van der Waals surface area contributed by atoms with Crippen LogP contribution in [0, 0.1) is 0 Å². The van der Waals surface area contributed by atoms with Gasteiger partial charge in [0.15, 0.2) is 0 Å². The van der Waals surface area contributed by atoms with Crippen LogP contribution >= 0.6 is 0 Å². The van der Waals surface area contributed by atoms with Gasteiger partial charge < -0.3 is 15.0 Å². The first-order chi connectivity index (χ1) is 8.78. The zero-order valence-electron chi connectivity index (χ0n) is 13.7. The van der Waals surface area contributed by atoms with Crippen LogP contribution in [0.5, 0.6) is 0 Å². The summed E-state index contributed by atoms with van der Waals surface area (Å²) >= 11 is 0. The monoisotopic (exact) mass is 272 g/mol. The van der Waals surface area contributed by atoms with E-state index in [0.717, 1.165) is 19.4 Å². The van der Waals surface area contributed by atoms with E-state index in [4.69, 9.17) is 4.74 Å². The maximum Gasteiger partial charge on any atom is 0.326 e. The molecule has 0 amide bonds. The van der Waals surface area contributed by atoms with Gasteiger partial charge in [-0.05, 0) is 61.1 Å². The van der Waals surface area contributed by atoms with E-state index >= 15 is 0 Å². The number of ether oxygens (including phenoxy) is 1. The number of hydrogen-bond acceptors (Lipinski definition) is 4. The summed E-state index contributed by atoms with van der Waals surface area (Å²) in [6.45, 7) is 13.6. The van der Waals surface area contributed by atoms with Gasteiger partial charge in [-0.3, -0.25) is 4.79 Å². The zero-order chi connectivity index (χ0) is 15.1. The molecular formula is C15H32N2O2. The molecule has 4 heteroatoms. The lowest BCUT2D eigenvalue weighted by Gasteiger charge is -2.36. The second-order valence-corrected chi connectivity index (χ2v) is 5.79. The predicted molar refractivity (Wildman–Crippen MR) is 80.3 cm³/mol. The Balaban J connectivity index is 4.79. The van der Waals surface area contributed by atoms with E-state index in [1.54, 1.807) is 0 Å². The lowest BCUT2D eigenvalue weighted by molar-refractivity contribution is -0.151. The molecule has 0 bridgehead atoms. The van der Waals surface area contributed by atoms with Crippen LogP contribution in [0.4, 0.5) is 0 Å². The maximum absolute atomic E-state index is 12.2. The van der Waals surface area contributed by atoms with E-state index in [1.165, 1.54) is 0 Å². The van der Waals surface area contributed by atoms with Gasteiger partial charge in [0.2, 0.25) is 0 Å². The van der Waals surface area contributed by atoms with Crippen LogP contribution < -0.4 is 5.32 Å². The zero-order valence-corrected chi connectivity index (χ0v) is 13.7. The lowest BCUT2D eigenvalue weighted by Crippen LogP contribution is -2.54. The van der Waals surface area contributed by atoms with Gasteiger partial charge in [-0.25, -0.2) is 0 Å². The highest BCUT2D eigenvalue weighted by atomic mass is 16.5. The fourth-order valence-corrected chi connectivity index (χ4v) is 2.16. The molecule has 0 spiro atoms. The van der Waals surface area contributed by atoms with Crippen molar-refractivity contribution in [1.29, 1.82) is 0 Å². The highest BCUT2D eigenvalue weighted by Crippen LogP contribution is 2.19. The fraction of sp³-hybridized carbons (Fsp3) is 0.933. The minimum atomic E-state index is -0.603. The van der Waals surface area contributed by atoms with Crippen LogP contribution in [0.25, 0.3) is 0 Å². The number of nitrogens with zero attached hydrogens (tertiary/aromatic N) is 1. The van der Waals surface area contributed by atoms with E-state index in [2.05, 4.69) is 45.0 Å². The molecule has 4 nitrogen and oxygen atoms in total. The number of rotatable bonds is 9. The third-order valence-corrected chi connectivity index (χ3v) is 3.70. The highest BCUT2D eigenvalue weighted by Gasteiger charge is 2.36. The van der Waals surface area contributed by atoms with Crippen LogP contribution in [-0.2, 0) is 9.53 Å². The van der Waals surface area contributed by atoms with Gasteiger partial charge in [-0.15, -0.1) is 0 Å². The quantitative estimate of drug-likeness (QED) is 0.655. The molecule has 0 saturated carbocycles. The van der Waals surface area contributed by atoms with E-state index in [9.17, 15) is 4.79 Å². The molecule has 1 N–H and O–H groups in total. The number of hydrogen-bond donors (Lipinski definition) is 1. The molecule has 114 valence electrons. The third kappa shape index (κ3) is 5.91. The normalized spacial score (nSPS) is 16.5. The van der Waals surface area contributed by atoms with E-state index < -0.39 is 5.54 Å². The van der Waals surface area contributed by atoms with E-state index in [0.29, 0.717) is 18.7 Å². The van der Waals surface area contributed by atoms with Crippen molar-refractivity contribution < 1.29 is 9.53 Å². The van der Waals surface area contributed by atoms with Gasteiger partial charge in [0.05, 0.1) is 6.61 Å². The SMILES string of the molecule is CCCNC(C)(CC(C)N(C)C(C)C)C(=O)OCC. The van der Waals surface area contributed by atoms with Crippen LogP contribution in [0.1, 0.15) is 54.4 Å². The summed E-state index contributed by atoms with van der Waals surface area (Å²) < 4.78 is 5.23. The number of esters is 1. The Kier molecular flexibility index (Phi) is 8.26. The fourth-order valence-electron chi connectivity index (χ4n) is 2.16. The topological polar surface area (TPSA) is 41.6 Å². The molecule has 0 radical (unpaired) electrons. The molecule has 0 fully saturated rings. The second kappa shape index (κ2) is 8.54. The van der Waals surface area contributed by atoms with Crippen molar-refractivity contribution in [2.75, 3.05) is 20.2 Å². The molecule has 0 saturated heterocycles. The van der Waals surface area contributed by atoms with Crippen molar-refractivity contribution in [3.63, 3.8) is 0 Å². The number of carbonyl (C=O) groups is 1. The van der Waals surface area contributed by atoms with Crippen molar-refractivity contribution in [1.82, 2.24) is 10.2 Å². The summed E-state index contributed by atoms with van der Waals surface area (Å²) in [7, 11) is 2.10. The average molecular weight is 272 g/mol. The largest absolute Gasteiger partial charge is 0.465 e. The van der Waals surface area contributed by atoms with Crippen molar-refractivity contribution >= 4 is 5.97 Å². The van der Waals surface area contributed by atoms with Crippen molar-refractivity contribution in [3.05, 3.63) is 0 Å². The van der Waals surface area contributed by atoms with Gasteiger partial charge in [0.25, 0.3) is 0 Å². The standard InChI is InChI=1S/C15H32N2O2/c1-8-10-16-15(6,14(18)19-9-2)11-13(5)17(7)12(3)4/h12-13,16H,8-11H2,1-7H3. The molecule has 0 aromatic rings. The van der Waals surface area contributed by atoms with E-state index in [1.807, 2.05) is 13.8 Å².